The maximum absolute atomic E-state index is 13.1. The van der Waals surface area contributed by atoms with Crippen LogP contribution in [-0.2, 0) is 0 Å². The Morgan fingerprint density at radius 3 is 2.65 bits per heavy atom. The lowest BCUT2D eigenvalue weighted by molar-refractivity contribution is 0.359. The van der Waals surface area contributed by atoms with E-state index in [9.17, 15) is 9.59 Å². The molecule has 4 heterocycles. The minimum Gasteiger partial charge on any atom is -0.350 e. The monoisotopic (exact) mass is 441 g/mol. The average Bonchev–Trinajstić information content (AvgIpc) is 2.69. The van der Waals surface area contributed by atoms with Gasteiger partial charge in [0.15, 0.2) is 5.65 Å². The molecule has 0 bridgehead atoms. The topological polar surface area (TPSA) is 83.9 Å². The zero-order valence-corrected chi connectivity index (χ0v) is 19.4. The van der Waals surface area contributed by atoms with Gasteiger partial charge in [-0.05, 0) is 63.6 Å². The van der Waals surface area contributed by atoms with Crippen molar-refractivity contribution in [2.24, 2.45) is 0 Å². The first-order valence-electron chi connectivity index (χ1n) is 10.7. The summed E-state index contributed by atoms with van der Waals surface area (Å²) in [5, 5.41) is 0.686. The summed E-state index contributed by atoms with van der Waals surface area (Å²) in [6.07, 6.45) is 4.94. The molecule has 8 heteroatoms. The molecule has 31 heavy (non-hydrogen) atoms. The molecular formula is C23H28ClN5O2. The van der Waals surface area contributed by atoms with E-state index in [4.69, 9.17) is 16.6 Å². The number of piperidine rings is 1. The maximum atomic E-state index is 13.1. The van der Waals surface area contributed by atoms with Crippen molar-refractivity contribution in [2.75, 3.05) is 11.4 Å². The summed E-state index contributed by atoms with van der Waals surface area (Å²) in [5.74, 6) is 0.682. The number of nitrogens with one attached hydrogen (secondary N) is 1. The number of aromatic nitrogens is 4. The molecule has 3 aromatic rings. The van der Waals surface area contributed by atoms with Gasteiger partial charge in [0, 0.05) is 18.3 Å². The van der Waals surface area contributed by atoms with Crippen molar-refractivity contribution in [2.45, 2.75) is 65.3 Å². The summed E-state index contributed by atoms with van der Waals surface area (Å²) >= 11 is 6.63. The van der Waals surface area contributed by atoms with Crippen LogP contribution in [0.25, 0.3) is 16.7 Å². The van der Waals surface area contributed by atoms with Gasteiger partial charge in [0.1, 0.15) is 5.82 Å². The Morgan fingerprint density at radius 1 is 1.23 bits per heavy atom. The molecule has 0 aromatic carbocycles. The second-order valence-corrected chi connectivity index (χ2v) is 9.60. The van der Waals surface area contributed by atoms with Crippen LogP contribution < -0.4 is 16.1 Å². The third-order valence-corrected chi connectivity index (χ3v) is 6.43. The summed E-state index contributed by atoms with van der Waals surface area (Å²) in [6.45, 7) is 11.1. The minimum atomic E-state index is -0.533. The van der Waals surface area contributed by atoms with E-state index in [0.717, 1.165) is 37.1 Å². The Hall–Kier alpha value is -2.67. The van der Waals surface area contributed by atoms with Crippen molar-refractivity contribution in [3.63, 3.8) is 0 Å². The molecule has 164 valence electrons. The Balaban J connectivity index is 2.09. The van der Waals surface area contributed by atoms with Gasteiger partial charge >= 0.3 is 5.69 Å². The highest BCUT2D eigenvalue weighted by Crippen LogP contribution is 2.36. The smallest absolute Gasteiger partial charge is 0.334 e. The highest BCUT2D eigenvalue weighted by atomic mass is 35.5. The molecule has 0 unspecified atom stereocenters. The Labute approximate surface area is 186 Å². The molecule has 0 radical (unpaired) electrons. The zero-order valence-electron chi connectivity index (χ0n) is 18.6. The van der Waals surface area contributed by atoms with Crippen molar-refractivity contribution < 1.29 is 0 Å². The number of pyridine rings is 2. The van der Waals surface area contributed by atoms with Gasteiger partial charge in [0.2, 0.25) is 0 Å². The van der Waals surface area contributed by atoms with Crippen molar-refractivity contribution in [1.29, 1.82) is 0 Å². The third-order valence-electron chi connectivity index (χ3n) is 6.15. The zero-order chi connectivity index (χ0) is 22.5. The number of fused-ring (bicyclic) bond motifs is 1. The Kier molecular flexibility index (Phi) is 5.41. The minimum absolute atomic E-state index is 0.0802. The first-order valence-corrected chi connectivity index (χ1v) is 11.1. The number of rotatable bonds is 3. The maximum Gasteiger partial charge on any atom is 0.334 e. The summed E-state index contributed by atoms with van der Waals surface area (Å²) in [6, 6.07) is 3.48. The number of halogens is 1. The van der Waals surface area contributed by atoms with E-state index in [1.165, 1.54) is 4.57 Å². The standard InChI is InChI=1S/C23H28ClN5O2/c1-13(2)17-18(14(3)8-10-25-17)29-19-15(21(30)27-22(29)31)12-16(24)20(26-19)28-11-7-6-9-23(28,4)5/h8,10,12-13H,6-7,9,11H2,1-5H3,(H,27,30,31). The van der Waals surface area contributed by atoms with Crippen LogP contribution in [-0.4, -0.2) is 31.6 Å². The Morgan fingerprint density at radius 2 is 1.97 bits per heavy atom. The third kappa shape index (κ3) is 3.65. The van der Waals surface area contributed by atoms with E-state index in [0.29, 0.717) is 22.2 Å². The molecule has 7 nitrogen and oxygen atoms in total. The molecule has 0 atom stereocenters. The predicted octanol–water partition coefficient (Wildman–Crippen LogP) is 4.32. The first kappa shape index (κ1) is 21.6. The van der Waals surface area contributed by atoms with E-state index in [2.05, 4.69) is 28.7 Å². The van der Waals surface area contributed by atoms with Crippen LogP contribution in [0.3, 0.4) is 0 Å². The van der Waals surface area contributed by atoms with E-state index >= 15 is 0 Å². The fourth-order valence-electron chi connectivity index (χ4n) is 4.46. The van der Waals surface area contributed by atoms with Gasteiger partial charge < -0.3 is 4.90 Å². The summed E-state index contributed by atoms with van der Waals surface area (Å²) in [7, 11) is 0. The lowest BCUT2D eigenvalue weighted by atomic mass is 9.90. The van der Waals surface area contributed by atoms with Crippen molar-refractivity contribution in [1.82, 2.24) is 19.5 Å². The molecule has 1 saturated heterocycles. The van der Waals surface area contributed by atoms with Crippen molar-refractivity contribution >= 4 is 28.5 Å². The molecule has 3 aromatic heterocycles. The second-order valence-electron chi connectivity index (χ2n) is 9.20. The molecule has 1 fully saturated rings. The van der Waals surface area contributed by atoms with Gasteiger partial charge in [-0.1, -0.05) is 25.4 Å². The molecule has 0 amide bonds. The highest BCUT2D eigenvalue weighted by Gasteiger charge is 2.32. The van der Waals surface area contributed by atoms with Gasteiger partial charge in [-0.2, -0.15) is 0 Å². The number of hydrogen-bond acceptors (Lipinski definition) is 5. The van der Waals surface area contributed by atoms with Crippen LogP contribution >= 0.6 is 11.6 Å². The predicted molar refractivity (Wildman–Crippen MR) is 125 cm³/mol. The van der Waals surface area contributed by atoms with E-state index in [-0.39, 0.29) is 16.8 Å². The number of hydrogen-bond donors (Lipinski definition) is 1. The van der Waals surface area contributed by atoms with Gasteiger partial charge in [0.05, 0.1) is 21.8 Å². The fraction of sp³-hybridized carbons (Fsp3) is 0.478. The second kappa shape index (κ2) is 7.79. The van der Waals surface area contributed by atoms with Gasteiger partial charge in [-0.3, -0.25) is 14.8 Å². The van der Waals surface area contributed by atoms with E-state index in [1.54, 1.807) is 12.3 Å². The van der Waals surface area contributed by atoms with E-state index < -0.39 is 11.2 Å². The van der Waals surface area contributed by atoms with Gasteiger partial charge in [-0.25, -0.2) is 14.3 Å². The number of anilines is 1. The molecular weight excluding hydrogens is 414 g/mol. The van der Waals surface area contributed by atoms with Crippen LogP contribution in [0.4, 0.5) is 5.82 Å². The largest absolute Gasteiger partial charge is 0.350 e. The summed E-state index contributed by atoms with van der Waals surface area (Å²) < 4.78 is 1.48. The molecule has 1 aliphatic rings. The van der Waals surface area contributed by atoms with E-state index in [1.807, 2.05) is 26.8 Å². The lowest BCUT2D eigenvalue weighted by Gasteiger charge is -2.43. The highest BCUT2D eigenvalue weighted by molar-refractivity contribution is 6.33. The molecule has 0 saturated carbocycles. The van der Waals surface area contributed by atoms with Crippen molar-refractivity contribution in [3.8, 4) is 5.69 Å². The van der Waals surface area contributed by atoms with Crippen LogP contribution in [0.5, 0.6) is 0 Å². The molecule has 4 rings (SSSR count). The van der Waals surface area contributed by atoms with Crippen molar-refractivity contribution in [3.05, 3.63) is 55.4 Å². The number of nitrogens with zero attached hydrogens (tertiary/aromatic N) is 4. The normalized spacial score (nSPS) is 16.3. The lowest BCUT2D eigenvalue weighted by Crippen LogP contribution is -2.48. The van der Waals surface area contributed by atoms with Crippen LogP contribution in [0.2, 0.25) is 5.02 Å². The summed E-state index contributed by atoms with van der Waals surface area (Å²) in [5.41, 5.74) is 1.45. The molecule has 1 aliphatic heterocycles. The van der Waals surface area contributed by atoms with Gasteiger partial charge in [0.25, 0.3) is 5.56 Å². The van der Waals surface area contributed by atoms with Crippen LogP contribution in [0, 0.1) is 6.92 Å². The quantitative estimate of drug-likeness (QED) is 0.654. The first-order chi connectivity index (χ1) is 14.6. The Bertz CT molecular complexity index is 1280. The number of aromatic amines is 1. The number of aryl methyl sites for hydroxylation is 1. The summed E-state index contributed by atoms with van der Waals surface area (Å²) in [4.78, 5) is 39.7. The molecule has 0 aliphatic carbocycles. The SMILES string of the molecule is Cc1ccnc(C(C)C)c1-n1c(=O)[nH]c(=O)c2cc(Cl)c(N3CCCCC3(C)C)nc21. The van der Waals surface area contributed by atoms with Gasteiger partial charge in [-0.15, -0.1) is 0 Å². The van der Waals surface area contributed by atoms with Crippen LogP contribution in [0.15, 0.2) is 27.9 Å². The molecule has 1 N–H and O–H groups in total. The average molecular weight is 442 g/mol. The molecule has 0 spiro atoms. The fourth-order valence-corrected chi connectivity index (χ4v) is 4.72. The van der Waals surface area contributed by atoms with Crippen LogP contribution in [0.1, 0.15) is 64.1 Å². The number of H-pyrrole nitrogens is 1.